The molecule has 0 atom stereocenters. The first kappa shape index (κ1) is 13.9. The summed E-state index contributed by atoms with van der Waals surface area (Å²) in [4.78, 5) is 0. The second kappa shape index (κ2) is 5.39. The van der Waals surface area contributed by atoms with Gasteiger partial charge in [0, 0.05) is 11.6 Å². The predicted molar refractivity (Wildman–Crippen MR) is 69.8 cm³/mol. The Kier molecular flexibility index (Phi) is 3.75. The van der Waals surface area contributed by atoms with Crippen LogP contribution in [0.2, 0.25) is 0 Å². The number of piperidine rings is 1. The first-order valence-electron chi connectivity index (χ1n) is 7.40. The van der Waals surface area contributed by atoms with E-state index in [4.69, 9.17) is 0 Å². The molecule has 0 amide bonds. The molecule has 0 spiro atoms. The van der Waals surface area contributed by atoms with Gasteiger partial charge in [0.25, 0.3) is 0 Å². The van der Waals surface area contributed by atoms with Gasteiger partial charge in [0.2, 0.25) is 0 Å². The van der Waals surface area contributed by atoms with Gasteiger partial charge < -0.3 is 5.32 Å². The highest BCUT2D eigenvalue weighted by atomic mass is 19.4. The summed E-state index contributed by atoms with van der Waals surface area (Å²) in [5.74, 6) is 0.230. The minimum Gasteiger partial charge on any atom is -0.317 e. The number of hydrogen-bond acceptors (Lipinski definition) is 2. The number of nitrogens with one attached hydrogen (secondary N) is 1. The Labute approximate surface area is 116 Å². The molecule has 1 N–H and O–H groups in total. The quantitative estimate of drug-likeness (QED) is 0.906. The van der Waals surface area contributed by atoms with E-state index in [2.05, 4.69) is 10.4 Å². The Morgan fingerprint density at radius 3 is 2.55 bits per heavy atom. The molecule has 0 aromatic carbocycles. The fraction of sp³-hybridized carbons (Fsp3) is 0.786. The lowest BCUT2D eigenvalue weighted by Crippen LogP contribution is -2.29. The van der Waals surface area contributed by atoms with Crippen LogP contribution in [0, 0.1) is 0 Å². The lowest BCUT2D eigenvalue weighted by Gasteiger charge is -2.25. The highest BCUT2D eigenvalue weighted by Gasteiger charge is 2.34. The topological polar surface area (TPSA) is 29.9 Å². The van der Waals surface area contributed by atoms with E-state index < -0.39 is 12.7 Å². The van der Waals surface area contributed by atoms with Crippen LogP contribution in [0.15, 0.2) is 0 Å². The molecule has 1 saturated heterocycles. The van der Waals surface area contributed by atoms with E-state index in [0.29, 0.717) is 0 Å². The SMILES string of the molecule is FC(F)(F)Cn1nc2c(c1C1CCNCC1)CCCC2. The van der Waals surface area contributed by atoms with Crippen molar-refractivity contribution in [2.75, 3.05) is 13.1 Å². The van der Waals surface area contributed by atoms with Crippen molar-refractivity contribution in [3.05, 3.63) is 17.0 Å². The minimum absolute atomic E-state index is 0.230. The minimum atomic E-state index is -4.20. The van der Waals surface area contributed by atoms with Crippen LogP contribution in [0.5, 0.6) is 0 Å². The molecule has 0 unspecified atom stereocenters. The summed E-state index contributed by atoms with van der Waals surface area (Å²) in [5, 5.41) is 7.56. The molecule has 1 aromatic rings. The summed E-state index contributed by atoms with van der Waals surface area (Å²) in [5.41, 5.74) is 2.90. The summed E-state index contributed by atoms with van der Waals surface area (Å²) in [6.45, 7) is 0.826. The molecule has 0 saturated carbocycles. The second-order valence-electron chi connectivity index (χ2n) is 5.81. The number of nitrogens with zero attached hydrogens (tertiary/aromatic N) is 2. The molecule has 1 aliphatic carbocycles. The number of alkyl halides is 3. The smallest absolute Gasteiger partial charge is 0.317 e. The van der Waals surface area contributed by atoms with Crippen molar-refractivity contribution in [2.24, 2.45) is 0 Å². The van der Waals surface area contributed by atoms with Crippen molar-refractivity contribution < 1.29 is 13.2 Å². The van der Waals surface area contributed by atoms with Gasteiger partial charge in [-0.05, 0) is 57.2 Å². The average Bonchev–Trinajstić information content (AvgIpc) is 2.75. The molecule has 1 fully saturated rings. The third-order valence-corrected chi connectivity index (χ3v) is 4.32. The number of hydrogen-bond donors (Lipinski definition) is 1. The van der Waals surface area contributed by atoms with Crippen molar-refractivity contribution in [2.45, 2.75) is 57.2 Å². The lowest BCUT2D eigenvalue weighted by molar-refractivity contribution is -0.143. The zero-order valence-electron chi connectivity index (χ0n) is 11.5. The van der Waals surface area contributed by atoms with Gasteiger partial charge in [-0.1, -0.05) is 0 Å². The molecule has 6 heteroatoms. The van der Waals surface area contributed by atoms with Gasteiger partial charge in [-0.15, -0.1) is 0 Å². The Bertz CT molecular complexity index is 473. The van der Waals surface area contributed by atoms with Crippen LogP contribution in [0.3, 0.4) is 0 Å². The van der Waals surface area contributed by atoms with E-state index in [1.807, 2.05) is 0 Å². The number of aromatic nitrogens is 2. The van der Waals surface area contributed by atoms with Gasteiger partial charge in [0.05, 0.1) is 5.69 Å². The van der Waals surface area contributed by atoms with Crippen LogP contribution < -0.4 is 5.32 Å². The van der Waals surface area contributed by atoms with E-state index in [9.17, 15) is 13.2 Å². The van der Waals surface area contributed by atoms with E-state index in [0.717, 1.165) is 68.6 Å². The van der Waals surface area contributed by atoms with Gasteiger partial charge in [0.15, 0.2) is 0 Å². The third kappa shape index (κ3) is 2.85. The molecule has 2 heterocycles. The molecule has 1 aliphatic heterocycles. The number of halogens is 3. The maximum absolute atomic E-state index is 12.8. The van der Waals surface area contributed by atoms with Crippen LogP contribution in [0.1, 0.15) is 48.6 Å². The van der Waals surface area contributed by atoms with Crippen molar-refractivity contribution >= 4 is 0 Å². The zero-order valence-corrected chi connectivity index (χ0v) is 11.5. The van der Waals surface area contributed by atoms with Gasteiger partial charge in [-0.3, -0.25) is 4.68 Å². The molecule has 3 nitrogen and oxygen atoms in total. The highest BCUT2D eigenvalue weighted by Crippen LogP contribution is 2.34. The first-order valence-corrected chi connectivity index (χ1v) is 7.40. The van der Waals surface area contributed by atoms with Gasteiger partial charge in [-0.2, -0.15) is 18.3 Å². The van der Waals surface area contributed by atoms with E-state index in [-0.39, 0.29) is 5.92 Å². The summed E-state index contributed by atoms with van der Waals surface area (Å²) in [6, 6.07) is 0. The normalized spacial score (nSPS) is 20.9. The fourth-order valence-electron chi connectivity index (χ4n) is 3.47. The van der Waals surface area contributed by atoms with Crippen LogP contribution in [0.4, 0.5) is 13.2 Å². The van der Waals surface area contributed by atoms with Crippen LogP contribution in [-0.2, 0) is 19.4 Å². The van der Waals surface area contributed by atoms with Gasteiger partial charge >= 0.3 is 6.18 Å². The van der Waals surface area contributed by atoms with E-state index in [1.165, 1.54) is 4.68 Å². The largest absolute Gasteiger partial charge is 0.408 e. The van der Waals surface area contributed by atoms with Crippen LogP contribution in [0.25, 0.3) is 0 Å². The Morgan fingerprint density at radius 2 is 1.85 bits per heavy atom. The number of aryl methyl sites for hydroxylation is 1. The maximum atomic E-state index is 12.8. The molecule has 112 valence electrons. The average molecular weight is 287 g/mol. The van der Waals surface area contributed by atoms with Crippen molar-refractivity contribution in [1.29, 1.82) is 0 Å². The molecule has 2 aliphatic rings. The number of rotatable bonds is 2. The molecule has 1 aromatic heterocycles. The first-order chi connectivity index (χ1) is 9.54. The summed E-state index contributed by atoms with van der Waals surface area (Å²) in [7, 11) is 0. The van der Waals surface area contributed by atoms with E-state index in [1.54, 1.807) is 0 Å². The van der Waals surface area contributed by atoms with Crippen molar-refractivity contribution in [1.82, 2.24) is 15.1 Å². The summed E-state index contributed by atoms with van der Waals surface area (Å²) >= 11 is 0. The Morgan fingerprint density at radius 1 is 1.15 bits per heavy atom. The zero-order chi connectivity index (χ0) is 14.2. The Hall–Kier alpha value is -1.04. The predicted octanol–water partition coefficient (Wildman–Crippen LogP) is 2.79. The van der Waals surface area contributed by atoms with Gasteiger partial charge in [-0.25, -0.2) is 0 Å². The second-order valence-corrected chi connectivity index (χ2v) is 5.81. The molecule has 0 radical (unpaired) electrons. The molecule has 0 bridgehead atoms. The molecular formula is C14H20F3N3. The molecule has 20 heavy (non-hydrogen) atoms. The third-order valence-electron chi connectivity index (χ3n) is 4.32. The highest BCUT2D eigenvalue weighted by molar-refractivity contribution is 5.32. The Balaban J connectivity index is 1.96. The van der Waals surface area contributed by atoms with Crippen molar-refractivity contribution in [3.63, 3.8) is 0 Å². The summed E-state index contributed by atoms with van der Waals surface area (Å²) in [6.07, 6.45) is 1.47. The van der Waals surface area contributed by atoms with Crippen LogP contribution in [-0.4, -0.2) is 29.0 Å². The lowest BCUT2D eigenvalue weighted by atomic mass is 9.87. The summed E-state index contributed by atoms with van der Waals surface area (Å²) < 4.78 is 39.6. The number of fused-ring (bicyclic) bond motifs is 1. The van der Waals surface area contributed by atoms with Gasteiger partial charge in [0.1, 0.15) is 6.54 Å². The van der Waals surface area contributed by atoms with Crippen LogP contribution >= 0.6 is 0 Å². The standard InChI is InChI=1S/C14H20F3N3/c15-14(16,17)9-20-13(10-5-7-18-8-6-10)11-3-1-2-4-12(11)19-20/h10,18H,1-9H2. The fourth-order valence-corrected chi connectivity index (χ4v) is 3.47. The molecular weight excluding hydrogens is 267 g/mol. The molecule has 3 rings (SSSR count). The monoisotopic (exact) mass is 287 g/mol. The van der Waals surface area contributed by atoms with E-state index >= 15 is 0 Å². The van der Waals surface area contributed by atoms with Crippen molar-refractivity contribution in [3.8, 4) is 0 Å². The maximum Gasteiger partial charge on any atom is 0.408 e.